The van der Waals surface area contributed by atoms with Crippen molar-refractivity contribution in [3.63, 3.8) is 0 Å². The summed E-state index contributed by atoms with van der Waals surface area (Å²) in [6.45, 7) is 2.82. The molecule has 1 aliphatic heterocycles. The maximum Gasteiger partial charge on any atom is 0.254 e. The number of amides is 1. The number of anilines is 1. The largest absolute Gasteiger partial charge is 0.371 e. The second kappa shape index (κ2) is 7.51. The zero-order valence-electron chi connectivity index (χ0n) is 17.0. The first-order valence-corrected chi connectivity index (χ1v) is 10.7. The number of hydrogen-bond donors (Lipinski definition) is 0. The van der Waals surface area contributed by atoms with Gasteiger partial charge in [-0.05, 0) is 49.4 Å². The van der Waals surface area contributed by atoms with Crippen LogP contribution in [0.1, 0.15) is 53.2 Å². The van der Waals surface area contributed by atoms with E-state index < -0.39 is 0 Å². The van der Waals surface area contributed by atoms with Crippen molar-refractivity contribution >= 4 is 22.5 Å². The molecule has 29 heavy (non-hydrogen) atoms. The summed E-state index contributed by atoms with van der Waals surface area (Å²) in [7, 11) is 1.91. The molecule has 1 amide bonds. The van der Waals surface area contributed by atoms with E-state index in [1.807, 2.05) is 42.3 Å². The Morgan fingerprint density at radius 1 is 1.07 bits per heavy atom. The fraction of sp³-hybridized carbons (Fsp3) is 0.360. The fourth-order valence-electron chi connectivity index (χ4n) is 4.41. The van der Waals surface area contributed by atoms with Crippen LogP contribution in [0.2, 0.25) is 0 Å². The summed E-state index contributed by atoms with van der Waals surface area (Å²) >= 11 is 0. The van der Waals surface area contributed by atoms with Crippen LogP contribution in [0.3, 0.4) is 0 Å². The van der Waals surface area contributed by atoms with Gasteiger partial charge >= 0.3 is 0 Å². The van der Waals surface area contributed by atoms with Crippen LogP contribution in [-0.4, -0.2) is 35.9 Å². The molecule has 0 radical (unpaired) electrons. The highest BCUT2D eigenvalue weighted by atomic mass is 16.2. The van der Waals surface area contributed by atoms with Gasteiger partial charge in [0.1, 0.15) is 0 Å². The van der Waals surface area contributed by atoms with Crippen molar-refractivity contribution < 1.29 is 4.79 Å². The van der Waals surface area contributed by atoms with Crippen molar-refractivity contribution in [2.45, 2.75) is 38.1 Å². The highest BCUT2D eigenvalue weighted by Crippen LogP contribution is 2.40. The quantitative estimate of drug-likeness (QED) is 0.621. The summed E-state index contributed by atoms with van der Waals surface area (Å²) in [6, 6.07) is 18.5. The molecule has 4 nitrogen and oxygen atoms in total. The van der Waals surface area contributed by atoms with Crippen LogP contribution in [0.4, 0.5) is 5.69 Å². The molecule has 0 spiro atoms. The number of benzene rings is 2. The zero-order valence-corrected chi connectivity index (χ0v) is 17.0. The maximum absolute atomic E-state index is 13.5. The van der Waals surface area contributed by atoms with Gasteiger partial charge in [0.25, 0.3) is 5.91 Å². The van der Waals surface area contributed by atoms with Gasteiger partial charge in [-0.3, -0.25) is 9.78 Å². The number of aromatic nitrogens is 1. The van der Waals surface area contributed by atoms with E-state index >= 15 is 0 Å². The topological polar surface area (TPSA) is 36.4 Å². The summed E-state index contributed by atoms with van der Waals surface area (Å²) in [5, 5.41) is 0.946. The lowest BCUT2D eigenvalue weighted by Gasteiger charge is -2.25. The summed E-state index contributed by atoms with van der Waals surface area (Å²) in [5.41, 5.74) is 5.25. The highest BCUT2D eigenvalue weighted by Gasteiger charge is 2.27. The summed E-state index contributed by atoms with van der Waals surface area (Å²) in [4.78, 5) is 22.6. The fourth-order valence-corrected chi connectivity index (χ4v) is 4.41. The lowest BCUT2D eigenvalue weighted by atomic mass is 10.0. The standard InChI is InChI=1S/C25H27N3O/c1-27(17-19-8-2-5-11-24(19)28-14-6-7-15-28)25(29)21-16-23(18-12-13-18)26-22-10-4-3-9-20(21)22/h2-5,8-11,16,18H,6-7,12-15,17H2,1H3. The van der Waals surface area contributed by atoms with E-state index in [4.69, 9.17) is 4.98 Å². The van der Waals surface area contributed by atoms with Crippen LogP contribution in [0, 0.1) is 0 Å². The predicted octanol–water partition coefficient (Wildman–Crippen LogP) is 4.98. The molecule has 1 saturated carbocycles. The van der Waals surface area contributed by atoms with Crippen molar-refractivity contribution in [2.24, 2.45) is 0 Å². The number of fused-ring (bicyclic) bond motifs is 1. The van der Waals surface area contributed by atoms with Crippen molar-refractivity contribution in [1.29, 1.82) is 0 Å². The van der Waals surface area contributed by atoms with Crippen LogP contribution in [-0.2, 0) is 6.54 Å². The van der Waals surface area contributed by atoms with E-state index in [0.29, 0.717) is 12.5 Å². The van der Waals surface area contributed by atoms with Crippen molar-refractivity contribution in [2.75, 3.05) is 25.0 Å². The zero-order chi connectivity index (χ0) is 19.8. The first-order valence-electron chi connectivity index (χ1n) is 10.7. The molecule has 0 bridgehead atoms. The molecule has 1 saturated heterocycles. The maximum atomic E-state index is 13.5. The molecule has 148 valence electrons. The average Bonchev–Trinajstić information content (AvgIpc) is 3.47. The van der Waals surface area contributed by atoms with Gasteiger partial charge < -0.3 is 9.80 Å². The average molecular weight is 386 g/mol. The van der Waals surface area contributed by atoms with Crippen molar-refractivity contribution in [3.05, 3.63) is 71.4 Å². The molecule has 0 atom stereocenters. The number of pyridine rings is 1. The molecule has 1 aromatic heterocycles. The van der Waals surface area contributed by atoms with Gasteiger partial charge in [-0.15, -0.1) is 0 Å². The molecule has 5 rings (SSSR count). The van der Waals surface area contributed by atoms with Gasteiger partial charge in [-0.1, -0.05) is 36.4 Å². The van der Waals surface area contributed by atoms with Crippen molar-refractivity contribution in [3.8, 4) is 0 Å². The summed E-state index contributed by atoms with van der Waals surface area (Å²) < 4.78 is 0. The van der Waals surface area contributed by atoms with Gasteiger partial charge in [-0.25, -0.2) is 0 Å². The Balaban J connectivity index is 1.46. The van der Waals surface area contributed by atoms with E-state index in [0.717, 1.165) is 35.2 Å². The Hall–Kier alpha value is -2.88. The lowest BCUT2D eigenvalue weighted by molar-refractivity contribution is 0.0787. The molecule has 1 aliphatic carbocycles. The van der Waals surface area contributed by atoms with Gasteiger partial charge in [0.2, 0.25) is 0 Å². The Labute approximate surface area is 172 Å². The number of hydrogen-bond acceptors (Lipinski definition) is 3. The predicted molar refractivity (Wildman–Crippen MR) is 117 cm³/mol. The van der Waals surface area contributed by atoms with Crippen LogP contribution in [0.25, 0.3) is 10.9 Å². The van der Waals surface area contributed by atoms with E-state index in [-0.39, 0.29) is 5.91 Å². The number of carbonyl (C=O) groups is 1. The van der Waals surface area contributed by atoms with E-state index in [9.17, 15) is 4.79 Å². The normalized spacial score (nSPS) is 16.4. The van der Waals surface area contributed by atoms with E-state index in [1.54, 1.807) is 0 Å². The van der Waals surface area contributed by atoms with E-state index in [2.05, 4.69) is 29.2 Å². The van der Waals surface area contributed by atoms with Gasteiger partial charge in [0.15, 0.2) is 0 Å². The SMILES string of the molecule is CN(Cc1ccccc1N1CCCC1)C(=O)c1cc(C2CC2)nc2ccccc12. The third-order valence-corrected chi connectivity index (χ3v) is 6.15. The first-order chi connectivity index (χ1) is 14.2. The third kappa shape index (κ3) is 3.59. The van der Waals surface area contributed by atoms with Gasteiger partial charge in [-0.2, -0.15) is 0 Å². The summed E-state index contributed by atoms with van der Waals surface area (Å²) in [6.07, 6.45) is 4.85. The molecule has 2 aromatic carbocycles. The number of carbonyl (C=O) groups excluding carboxylic acids is 1. The van der Waals surface area contributed by atoms with Crippen LogP contribution in [0.5, 0.6) is 0 Å². The van der Waals surface area contributed by atoms with E-state index in [1.165, 1.54) is 36.9 Å². The Kier molecular flexibility index (Phi) is 4.70. The lowest BCUT2D eigenvalue weighted by Crippen LogP contribution is -2.28. The van der Waals surface area contributed by atoms with Crippen LogP contribution < -0.4 is 4.90 Å². The second-order valence-corrected chi connectivity index (χ2v) is 8.37. The Morgan fingerprint density at radius 2 is 1.79 bits per heavy atom. The molecule has 2 fully saturated rings. The molecule has 4 heteroatoms. The van der Waals surface area contributed by atoms with Gasteiger partial charge in [0.05, 0.1) is 11.1 Å². The number of nitrogens with zero attached hydrogens (tertiary/aromatic N) is 3. The molecular formula is C25H27N3O. The van der Waals surface area contributed by atoms with Crippen LogP contribution >= 0.6 is 0 Å². The third-order valence-electron chi connectivity index (χ3n) is 6.15. The monoisotopic (exact) mass is 385 g/mol. The first kappa shape index (κ1) is 18.2. The molecule has 3 aromatic rings. The Bertz CT molecular complexity index is 1050. The number of rotatable bonds is 5. The summed E-state index contributed by atoms with van der Waals surface area (Å²) in [5.74, 6) is 0.592. The molecular weight excluding hydrogens is 358 g/mol. The highest BCUT2D eigenvalue weighted by molar-refractivity contribution is 6.06. The smallest absolute Gasteiger partial charge is 0.254 e. The molecule has 0 N–H and O–H groups in total. The molecule has 2 heterocycles. The second-order valence-electron chi connectivity index (χ2n) is 8.37. The minimum atomic E-state index is 0.0710. The van der Waals surface area contributed by atoms with Gasteiger partial charge in [0, 0.05) is 49.4 Å². The minimum Gasteiger partial charge on any atom is -0.371 e. The van der Waals surface area contributed by atoms with Crippen molar-refractivity contribution in [1.82, 2.24) is 9.88 Å². The molecule has 2 aliphatic rings. The Morgan fingerprint density at radius 3 is 2.59 bits per heavy atom. The van der Waals surface area contributed by atoms with Crippen LogP contribution in [0.15, 0.2) is 54.6 Å². The molecule has 0 unspecified atom stereocenters. The minimum absolute atomic E-state index is 0.0710. The number of para-hydroxylation sites is 2.